The highest BCUT2D eigenvalue weighted by Crippen LogP contribution is 2.26. The highest BCUT2D eigenvalue weighted by atomic mass is 16.6. The van der Waals surface area contributed by atoms with Gasteiger partial charge >= 0.3 is 5.97 Å². The summed E-state index contributed by atoms with van der Waals surface area (Å²) in [7, 11) is 1.55. The molecule has 9 heteroatoms. The molecule has 2 aromatic carbocycles. The van der Waals surface area contributed by atoms with Crippen LogP contribution in [0.3, 0.4) is 0 Å². The van der Waals surface area contributed by atoms with Gasteiger partial charge in [-0.25, -0.2) is 0 Å². The number of nitro benzene ring substituents is 1. The molecule has 0 aliphatic heterocycles. The lowest BCUT2D eigenvalue weighted by Gasteiger charge is -2.13. The topological polar surface area (TPSA) is 121 Å². The summed E-state index contributed by atoms with van der Waals surface area (Å²) in [4.78, 5) is 34.5. The van der Waals surface area contributed by atoms with E-state index < -0.39 is 22.9 Å². The molecular weight excluding hydrogens is 380 g/mol. The van der Waals surface area contributed by atoms with E-state index in [1.54, 1.807) is 25.3 Å². The molecule has 0 aliphatic rings. The minimum absolute atomic E-state index is 0.0610. The Bertz CT molecular complexity index is 1060. The number of nitrogens with one attached hydrogen (secondary N) is 1. The molecule has 1 atom stereocenters. The number of hydrogen-bond acceptors (Lipinski definition) is 7. The van der Waals surface area contributed by atoms with Crippen molar-refractivity contribution in [1.82, 2.24) is 0 Å². The Labute approximate surface area is 165 Å². The molecule has 1 unspecified atom stereocenters. The van der Waals surface area contributed by atoms with E-state index in [0.29, 0.717) is 22.6 Å². The molecule has 3 rings (SSSR count). The third-order valence-corrected chi connectivity index (χ3v) is 4.22. The fourth-order valence-corrected chi connectivity index (χ4v) is 2.69. The summed E-state index contributed by atoms with van der Waals surface area (Å²) in [5.74, 6) is -0.499. The Hall–Kier alpha value is -3.88. The van der Waals surface area contributed by atoms with Gasteiger partial charge in [-0.1, -0.05) is 0 Å². The predicted octanol–water partition coefficient (Wildman–Crippen LogP) is 3.46. The number of methoxy groups -OCH3 is 1. The number of anilines is 1. The second kappa shape index (κ2) is 8.42. The largest absolute Gasteiger partial charge is 0.497 e. The van der Waals surface area contributed by atoms with Gasteiger partial charge in [-0.05, 0) is 31.2 Å². The number of carbonyl (C=O) groups is 2. The second-order valence-corrected chi connectivity index (χ2v) is 6.23. The number of hydrogen-bond donors (Lipinski definition) is 1. The molecule has 0 saturated carbocycles. The fraction of sp³-hybridized carbons (Fsp3) is 0.200. The van der Waals surface area contributed by atoms with Gasteiger partial charge in [0.05, 0.1) is 24.7 Å². The van der Waals surface area contributed by atoms with Crippen LogP contribution in [0.15, 0.2) is 53.1 Å². The molecular formula is C20H18N2O7. The Kier molecular flexibility index (Phi) is 5.77. The highest BCUT2D eigenvalue weighted by molar-refractivity contribution is 5.95. The van der Waals surface area contributed by atoms with Crippen LogP contribution in [0.4, 0.5) is 11.4 Å². The standard InChI is InChI=1S/C20H18N2O7/c1-12(20(24)21-14-3-5-15(6-4-14)22(25)26)29-19(23)9-13-11-28-18-10-16(27-2)7-8-17(13)18/h3-8,10-12H,9H2,1-2H3,(H,21,24). The van der Waals surface area contributed by atoms with Crippen molar-refractivity contribution in [2.75, 3.05) is 12.4 Å². The van der Waals surface area contributed by atoms with E-state index in [4.69, 9.17) is 13.9 Å². The number of esters is 1. The lowest BCUT2D eigenvalue weighted by Crippen LogP contribution is -2.30. The van der Waals surface area contributed by atoms with Crippen molar-refractivity contribution in [3.8, 4) is 5.75 Å². The average molecular weight is 398 g/mol. The lowest BCUT2D eigenvalue weighted by atomic mass is 10.1. The van der Waals surface area contributed by atoms with Crippen LogP contribution in [-0.2, 0) is 20.7 Å². The van der Waals surface area contributed by atoms with Crippen LogP contribution in [0.1, 0.15) is 12.5 Å². The van der Waals surface area contributed by atoms with Crippen LogP contribution in [0.2, 0.25) is 0 Å². The van der Waals surface area contributed by atoms with Gasteiger partial charge in [-0.3, -0.25) is 19.7 Å². The van der Waals surface area contributed by atoms with Gasteiger partial charge in [-0.15, -0.1) is 0 Å². The number of benzene rings is 2. The normalized spacial score (nSPS) is 11.7. The quantitative estimate of drug-likeness (QED) is 0.367. The van der Waals surface area contributed by atoms with E-state index in [0.717, 1.165) is 5.39 Å². The maximum Gasteiger partial charge on any atom is 0.311 e. The van der Waals surface area contributed by atoms with E-state index in [-0.39, 0.29) is 12.1 Å². The zero-order valence-corrected chi connectivity index (χ0v) is 15.7. The second-order valence-electron chi connectivity index (χ2n) is 6.23. The molecule has 0 spiro atoms. The molecule has 0 bridgehead atoms. The predicted molar refractivity (Wildman–Crippen MR) is 104 cm³/mol. The van der Waals surface area contributed by atoms with Crippen molar-refractivity contribution in [2.24, 2.45) is 0 Å². The maximum absolute atomic E-state index is 12.2. The number of rotatable bonds is 7. The van der Waals surface area contributed by atoms with Gasteiger partial charge in [0, 0.05) is 34.8 Å². The Morgan fingerprint density at radius 3 is 2.59 bits per heavy atom. The molecule has 1 heterocycles. The number of ether oxygens (including phenoxy) is 2. The third kappa shape index (κ3) is 4.70. The number of carbonyl (C=O) groups excluding carboxylic acids is 2. The molecule has 0 saturated heterocycles. The van der Waals surface area contributed by atoms with Crippen molar-refractivity contribution >= 4 is 34.2 Å². The first-order chi connectivity index (χ1) is 13.9. The van der Waals surface area contributed by atoms with Crippen LogP contribution in [0, 0.1) is 10.1 Å². The molecule has 9 nitrogen and oxygen atoms in total. The molecule has 1 aromatic heterocycles. The zero-order valence-electron chi connectivity index (χ0n) is 15.7. The summed E-state index contributed by atoms with van der Waals surface area (Å²) in [5, 5.41) is 14.0. The SMILES string of the molecule is COc1ccc2c(CC(=O)OC(C)C(=O)Nc3ccc([N+](=O)[O-])cc3)coc2c1. The molecule has 1 amide bonds. The summed E-state index contributed by atoms with van der Waals surface area (Å²) in [6, 6.07) is 10.6. The maximum atomic E-state index is 12.2. The third-order valence-electron chi connectivity index (χ3n) is 4.22. The van der Waals surface area contributed by atoms with Crippen LogP contribution in [0.25, 0.3) is 11.0 Å². The fourth-order valence-electron chi connectivity index (χ4n) is 2.69. The molecule has 0 radical (unpaired) electrons. The van der Waals surface area contributed by atoms with Crippen LogP contribution >= 0.6 is 0 Å². The van der Waals surface area contributed by atoms with E-state index >= 15 is 0 Å². The summed E-state index contributed by atoms with van der Waals surface area (Å²) in [6.45, 7) is 1.44. The first-order valence-corrected chi connectivity index (χ1v) is 8.66. The average Bonchev–Trinajstić information content (AvgIpc) is 3.09. The Morgan fingerprint density at radius 2 is 1.93 bits per heavy atom. The molecule has 150 valence electrons. The molecule has 3 aromatic rings. The number of nitro groups is 1. The van der Waals surface area contributed by atoms with Gasteiger partial charge in [0.2, 0.25) is 0 Å². The zero-order chi connectivity index (χ0) is 21.0. The minimum Gasteiger partial charge on any atom is -0.497 e. The van der Waals surface area contributed by atoms with Crippen LogP contribution < -0.4 is 10.1 Å². The lowest BCUT2D eigenvalue weighted by molar-refractivity contribution is -0.384. The summed E-state index contributed by atoms with van der Waals surface area (Å²) in [5.41, 5.74) is 1.48. The van der Waals surface area contributed by atoms with Gasteiger partial charge in [-0.2, -0.15) is 0 Å². The Morgan fingerprint density at radius 1 is 1.21 bits per heavy atom. The molecule has 1 N–H and O–H groups in total. The van der Waals surface area contributed by atoms with Crippen LogP contribution in [-0.4, -0.2) is 30.0 Å². The van der Waals surface area contributed by atoms with Gasteiger partial charge < -0.3 is 19.2 Å². The van der Waals surface area contributed by atoms with Gasteiger partial charge in [0.1, 0.15) is 11.3 Å². The van der Waals surface area contributed by atoms with E-state index in [1.807, 2.05) is 0 Å². The van der Waals surface area contributed by atoms with Gasteiger partial charge in [0.25, 0.3) is 11.6 Å². The number of fused-ring (bicyclic) bond motifs is 1. The van der Waals surface area contributed by atoms with Crippen molar-refractivity contribution < 1.29 is 28.4 Å². The smallest absolute Gasteiger partial charge is 0.311 e. The summed E-state index contributed by atoms with van der Waals surface area (Å²) >= 11 is 0. The Balaban J connectivity index is 1.58. The number of furan rings is 1. The van der Waals surface area contributed by atoms with E-state index in [2.05, 4.69) is 5.32 Å². The van der Waals surface area contributed by atoms with Crippen LogP contribution in [0.5, 0.6) is 5.75 Å². The molecule has 0 aliphatic carbocycles. The van der Waals surface area contributed by atoms with Crippen molar-refractivity contribution in [1.29, 1.82) is 0 Å². The van der Waals surface area contributed by atoms with E-state index in [9.17, 15) is 19.7 Å². The highest BCUT2D eigenvalue weighted by Gasteiger charge is 2.20. The first-order valence-electron chi connectivity index (χ1n) is 8.66. The first kappa shape index (κ1) is 19.9. The number of amides is 1. The monoisotopic (exact) mass is 398 g/mol. The summed E-state index contributed by atoms with van der Waals surface area (Å²) in [6.07, 6.45) is 0.359. The van der Waals surface area contributed by atoms with Crippen molar-refractivity contribution in [2.45, 2.75) is 19.4 Å². The molecule has 0 fully saturated rings. The minimum atomic E-state index is -1.05. The number of non-ortho nitro benzene ring substituents is 1. The molecule has 29 heavy (non-hydrogen) atoms. The number of nitrogens with zero attached hydrogens (tertiary/aromatic N) is 1. The van der Waals surface area contributed by atoms with Gasteiger partial charge in [0.15, 0.2) is 6.10 Å². The van der Waals surface area contributed by atoms with Crippen molar-refractivity contribution in [3.05, 3.63) is 64.4 Å². The van der Waals surface area contributed by atoms with E-state index in [1.165, 1.54) is 37.5 Å². The van der Waals surface area contributed by atoms with Crippen molar-refractivity contribution in [3.63, 3.8) is 0 Å². The summed E-state index contributed by atoms with van der Waals surface area (Å²) < 4.78 is 15.8.